The SMILES string of the molecule is CCOC1CC(n2cc(NC(=O)c3ccc(-c4cn[nH]c4)o3)c(-c3ccccn3)n2)C1.Cn1cc(-c2ccc(C(=O)Nc3cn(C4COC4)nc3-c3ccccn3)o2)cn1.O=C(Nc1cn(C2COC2)nc1-c1ccccn1)c1ccc(-c2cn[nH]c2)o1. The van der Waals surface area contributed by atoms with E-state index in [0.29, 0.717) is 102 Å². The summed E-state index contributed by atoms with van der Waals surface area (Å²) in [6, 6.07) is 27.4. The molecule has 444 valence electrons. The van der Waals surface area contributed by atoms with Gasteiger partial charge in [0, 0.05) is 69.4 Å². The van der Waals surface area contributed by atoms with Crippen LogP contribution in [0.5, 0.6) is 0 Å². The topological polar surface area (TPSA) is 322 Å². The summed E-state index contributed by atoms with van der Waals surface area (Å²) < 4.78 is 40.4. The first-order chi connectivity index (χ1) is 43.2. The van der Waals surface area contributed by atoms with Gasteiger partial charge in [0.25, 0.3) is 17.7 Å². The highest BCUT2D eigenvalue weighted by Crippen LogP contribution is 2.38. The van der Waals surface area contributed by atoms with Gasteiger partial charge in [-0.2, -0.15) is 30.6 Å². The average Bonchev–Trinajstić information content (AvgIpc) is 2.17. The van der Waals surface area contributed by atoms with Crippen LogP contribution in [0.3, 0.4) is 0 Å². The first-order valence-electron chi connectivity index (χ1n) is 28.2. The highest BCUT2D eigenvalue weighted by molar-refractivity contribution is 6.06. The van der Waals surface area contributed by atoms with Crippen LogP contribution >= 0.6 is 0 Å². The zero-order valence-corrected chi connectivity index (χ0v) is 47.3. The second-order valence-corrected chi connectivity index (χ2v) is 20.6. The molecule has 2 aliphatic heterocycles. The second kappa shape index (κ2) is 25.2. The molecule has 0 atom stereocenters. The number of anilines is 3. The minimum absolute atomic E-state index is 0.156. The molecule has 2 saturated heterocycles. The second-order valence-electron chi connectivity index (χ2n) is 20.6. The number of H-pyrrole nitrogens is 2. The van der Waals surface area contributed by atoms with E-state index in [1.807, 2.05) is 95.0 Å². The van der Waals surface area contributed by atoms with Crippen LogP contribution < -0.4 is 16.0 Å². The van der Waals surface area contributed by atoms with Crippen LogP contribution in [-0.4, -0.2) is 131 Å². The summed E-state index contributed by atoms with van der Waals surface area (Å²) in [5.74, 6) is 1.23. The predicted octanol–water partition coefficient (Wildman–Crippen LogP) is 9.43. The fraction of sp³-hybridized carbons (Fsp3) is 0.213. The molecule has 27 heteroatoms. The van der Waals surface area contributed by atoms with Crippen LogP contribution in [0.15, 0.2) is 179 Å². The summed E-state index contributed by atoms with van der Waals surface area (Å²) in [7, 11) is 1.82. The average molecular weight is 1190 g/mol. The van der Waals surface area contributed by atoms with Gasteiger partial charge in [0.1, 0.15) is 34.4 Å². The fourth-order valence-electron chi connectivity index (χ4n) is 9.68. The van der Waals surface area contributed by atoms with Gasteiger partial charge in [-0.05, 0) is 92.6 Å². The van der Waals surface area contributed by atoms with Crippen LogP contribution in [0, 0.1) is 0 Å². The van der Waals surface area contributed by atoms with Crippen molar-refractivity contribution in [1.29, 1.82) is 0 Å². The fourth-order valence-corrected chi connectivity index (χ4v) is 9.68. The largest absolute Gasteiger partial charge is 0.451 e. The van der Waals surface area contributed by atoms with Gasteiger partial charge in [-0.15, -0.1) is 0 Å². The van der Waals surface area contributed by atoms with Crippen molar-refractivity contribution < 1.29 is 41.8 Å². The lowest BCUT2D eigenvalue weighted by atomic mass is 9.89. The van der Waals surface area contributed by atoms with Gasteiger partial charge in [-0.1, -0.05) is 18.2 Å². The minimum Gasteiger partial charge on any atom is -0.451 e. The van der Waals surface area contributed by atoms with Gasteiger partial charge in [-0.3, -0.25) is 58.3 Å². The van der Waals surface area contributed by atoms with E-state index in [4.69, 9.17) is 32.6 Å². The van der Waals surface area contributed by atoms with Crippen molar-refractivity contribution in [2.24, 2.45) is 7.05 Å². The summed E-state index contributed by atoms with van der Waals surface area (Å²) in [5.41, 5.74) is 7.94. The number of pyridine rings is 3. The van der Waals surface area contributed by atoms with Crippen LogP contribution in [0.1, 0.15) is 69.6 Å². The molecule has 0 radical (unpaired) electrons. The van der Waals surface area contributed by atoms with Crippen molar-refractivity contribution in [1.82, 2.24) is 74.5 Å². The molecule has 12 aromatic rings. The number of rotatable bonds is 17. The molecule has 1 aliphatic carbocycles. The Bertz CT molecular complexity index is 4280. The van der Waals surface area contributed by atoms with Gasteiger partial charge in [-0.25, -0.2) is 0 Å². The maximum atomic E-state index is 12.9. The lowest BCUT2D eigenvalue weighted by molar-refractivity contribution is -0.0285. The Kier molecular flexibility index (Phi) is 16.0. The summed E-state index contributed by atoms with van der Waals surface area (Å²) >= 11 is 0. The van der Waals surface area contributed by atoms with E-state index in [0.717, 1.165) is 29.5 Å². The molecule has 0 spiro atoms. The highest BCUT2D eigenvalue weighted by Gasteiger charge is 2.33. The molecule has 0 aromatic carbocycles. The smallest absolute Gasteiger partial charge is 0.291 e. The Morgan fingerprint density at radius 2 is 0.932 bits per heavy atom. The van der Waals surface area contributed by atoms with E-state index >= 15 is 0 Å². The number of aromatic amines is 2. The van der Waals surface area contributed by atoms with Crippen LogP contribution in [-0.2, 0) is 21.3 Å². The van der Waals surface area contributed by atoms with Crippen molar-refractivity contribution in [2.75, 3.05) is 49.0 Å². The molecule has 0 bridgehead atoms. The third-order valence-electron chi connectivity index (χ3n) is 14.5. The number of hydrogen-bond donors (Lipinski definition) is 5. The summed E-state index contributed by atoms with van der Waals surface area (Å²) in [4.78, 5) is 51.5. The molecule has 1 saturated carbocycles. The third kappa shape index (κ3) is 12.3. The van der Waals surface area contributed by atoms with Gasteiger partial charge >= 0.3 is 0 Å². The van der Waals surface area contributed by atoms with E-state index in [2.05, 4.69) is 66.6 Å². The molecule has 3 aliphatic rings. The molecule has 15 rings (SSSR count). The monoisotopic (exact) mass is 1180 g/mol. The number of aromatic nitrogens is 15. The van der Waals surface area contributed by atoms with E-state index in [-0.39, 0.29) is 59.2 Å². The number of aryl methyl sites for hydroxylation is 1. The molecule has 14 heterocycles. The minimum atomic E-state index is -0.365. The zero-order valence-electron chi connectivity index (χ0n) is 47.3. The lowest BCUT2D eigenvalue weighted by Gasteiger charge is -2.34. The van der Waals surface area contributed by atoms with Crippen molar-refractivity contribution in [3.8, 4) is 68.1 Å². The molecule has 3 amide bonds. The van der Waals surface area contributed by atoms with Gasteiger partial charge in [0.2, 0.25) is 0 Å². The quantitative estimate of drug-likeness (QED) is 0.0566. The number of furan rings is 3. The Labute approximate surface area is 500 Å². The number of nitrogens with zero attached hydrogens (tertiary/aromatic N) is 13. The Hall–Kier alpha value is -11.2. The number of carbonyl (C=O) groups is 3. The third-order valence-corrected chi connectivity index (χ3v) is 14.5. The van der Waals surface area contributed by atoms with E-state index in [9.17, 15) is 14.4 Å². The zero-order chi connectivity index (χ0) is 59.9. The molecule has 27 nitrogen and oxygen atoms in total. The van der Waals surface area contributed by atoms with Gasteiger partial charge in [0.05, 0.1) is 120 Å². The van der Waals surface area contributed by atoms with E-state index < -0.39 is 0 Å². The molecule has 5 N–H and O–H groups in total. The summed E-state index contributed by atoms with van der Waals surface area (Å²) in [6.07, 6.45) is 22.8. The maximum Gasteiger partial charge on any atom is 0.291 e. The first-order valence-corrected chi connectivity index (χ1v) is 28.2. The maximum absolute atomic E-state index is 12.9. The van der Waals surface area contributed by atoms with E-state index in [1.165, 1.54) is 0 Å². The van der Waals surface area contributed by atoms with Crippen LogP contribution in [0.2, 0.25) is 0 Å². The molecular weight excluding hydrogens is 1130 g/mol. The van der Waals surface area contributed by atoms with Gasteiger partial charge < -0.3 is 43.4 Å². The van der Waals surface area contributed by atoms with Gasteiger partial charge in [0.15, 0.2) is 17.3 Å². The molecule has 88 heavy (non-hydrogen) atoms. The number of ether oxygens (including phenoxy) is 3. The predicted molar refractivity (Wildman–Crippen MR) is 317 cm³/mol. The number of nitrogens with one attached hydrogen (secondary N) is 5. The van der Waals surface area contributed by atoms with Crippen LogP contribution in [0.25, 0.3) is 68.1 Å². The van der Waals surface area contributed by atoms with Crippen molar-refractivity contribution in [3.63, 3.8) is 0 Å². The Morgan fingerprint density at radius 3 is 1.26 bits per heavy atom. The van der Waals surface area contributed by atoms with Crippen molar-refractivity contribution >= 4 is 34.8 Å². The first kappa shape index (κ1) is 56.0. The Balaban J connectivity index is 0.000000122. The normalized spacial score (nSPS) is 15.4. The molecular formula is C61H56N18O9. The lowest BCUT2D eigenvalue weighted by Crippen LogP contribution is -2.33. The summed E-state index contributed by atoms with van der Waals surface area (Å²) in [5, 5.41) is 40.0. The molecule has 3 fully saturated rings. The van der Waals surface area contributed by atoms with Crippen LogP contribution in [0.4, 0.5) is 17.1 Å². The van der Waals surface area contributed by atoms with Crippen molar-refractivity contribution in [3.05, 3.63) is 183 Å². The molecule has 0 unspecified atom stereocenters. The number of carbonyl (C=O) groups excluding carboxylic acids is 3. The van der Waals surface area contributed by atoms with Crippen molar-refractivity contribution in [2.45, 2.75) is 44.0 Å². The molecule has 12 aromatic heterocycles. The Morgan fingerprint density at radius 1 is 0.523 bits per heavy atom. The standard InChI is InChI=1S/C22H22N6O3.C20H18N6O3.C19H16N6O3/c1-2-30-16-9-15(10-16)28-13-18(21(27-28)17-5-3-4-8-23-17)26-22(29)20-7-6-19(31-20)14-11-24-25-12-14;1-25-9-13(8-22-25)17-5-6-18(29-17)20(27)23-16-10-26(14-11-28-12-14)24-19(16)15-4-2-3-7-21-15;26-19(17-5-4-16(28-17)12-7-21-22-8-12)23-15-9-25(13-10-27-11-13)24-18(15)14-3-1-2-6-20-14/h3-8,11-13,15-16H,2,9-10H2,1H3,(H,24,25)(H,26,29);2-10,14H,11-12H2,1H3,(H,23,27);1-9,13H,10-11H2,(H,21,22)(H,23,26). The number of hydrogen-bond acceptors (Lipinski definition) is 18. The number of amides is 3. The van der Waals surface area contributed by atoms with E-state index in [1.54, 1.807) is 103 Å². The highest BCUT2D eigenvalue weighted by atomic mass is 16.5. The summed E-state index contributed by atoms with van der Waals surface area (Å²) in [6.45, 7) is 5.11.